The minimum Gasteiger partial charge on any atom is -0.335 e. The van der Waals surface area contributed by atoms with Gasteiger partial charge in [-0.25, -0.2) is 0 Å². The Bertz CT molecular complexity index is 712. The molecular weight excluding hydrogens is 259 g/mol. The van der Waals surface area contributed by atoms with Crippen LogP contribution in [0.4, 0.5) is 24.7 Å². The number of rotatable bonds is 2. The minimum absolute atomic E-state index is 0.162. The van der Waals surface area contributed by atoms with Crippen LogP contribution in [0.5, 0.6) is 0 Å². The lowest BCUT2D eigenvalue weighted by Gasteiger charge is -2.07. The van der Waals surface area contributed by atoms with E-state index in [1.54, 1.807) is 18.2 Å². The highest BCUT2D eigenvalue weighted by molar-refractivity contribution is 5.91. The van der Waals surface area contributed by atoms with Gasteiger partial charge in [-0.05, 0) is 12.1 Å². The Morgan fingerprint density at radius 3 is 2.68 bits per heavy atom. The molecule has 0 bridgehead atoms. The third-order valence-electron chi connectivity index (χ3n) is 2.65. The highest BCUT2D eigenvalue weighted by Crippen LogP contribution is 2.34. The second-order valence-corrected chi connectivity index (χ2v) is 3.90. The van der Waals surface area contributed by atoms with Gasteiger partial charge in [0, 0.05) is 5.39 Å². The molecule has 0 fully saturated rings. The fourth-order valence-electron chi connectivity index (χ4n) is 1.78. The van der Waals surface area contributed by atoms with E-state index in [9.17, 15) is 13.2 Å². The highest BCUT2D eigenvalue weighted by atomic mass is 19.4. The summed E-state index contributed by atoms with van der Waals surface area (Å²) in [5, 5.41) is 15.3. The van der Waals surface area contributed by atoms with E-state index in [0.717, 1.165) is 11.7 Å². The van der Waals surface area contributed by atoms with Gasteiger partial charge in [-0.1, -0.05) is 12.1 Å². The van der Waals surface area contributed by atoms with Gasteiger partial charge >= 0.3 is 6.18 Å². The van der Waals surface area contributed by atoms with Crippen LogP contribution in [0.3, 0.4) is 0 Å². The van der Waals surface area contributed by atoms with Gasteiger partial charge in [0.05, 0.1) is 17.4 Å². The van der Waals surface area contributed by atoms with E-state index < -0.39 is 11.9 Å². The molecule has 3 rings (SSSR count). The van der Waals surface area contributed by atoms with Crippen LogP contribution in [0.25, 0.3) is 10.9 Å². The summed E-state index contributed by atoms with van der Waals surface area (Å²) in [6, 6.07) is 7.13. The molecule has 3 N–H and O–H groups in total. The second kappa shape index (κ2) is 4.01. The molecule has 3 aromatic rings. The van der Waals surface area contributed by atoms with Crippen LogP contribution in [0.1, 0.15) is 5.69 Å². The van der Waals surface area contributed by atoms with E-state index >= 15 is 0 Å². The molecule has 2 heterocycles. The van der Waals surface area contributed by atoms with Crippen LogP contribution in [0, 0.1) is 0 Å². The van der Waals surface area contributed by atoms with Crippen molar-refractivity contribution in [2.75, 3.05) is 5.32 Å². The van der Waals surface area contributed by atoms with E-state index in [1.807, 2.05) is 11.2 Å². The normalized spacial score (nSPS) is 11.9. The number of aromatic nitrogens is 4. The lowest BCUT2D eigenvalue weighted by Crippen LogP contribution is -2.08. The van der Waals surface area contributed by atoms with Crippen LogP contribution >= 0.6 is 0 Å². The number of para-hydroxylation sites is 1. The predicted molar refractivity (Wildman–Crippen MR) is 63.0 cm³/mol. The Hall–Kier alpha value is -2.51. The molecule has 19 heavy (non-hydrogen) atoms. The maximum Gasteiger partial charge on any atom is 0.434 e. The van der Waals surface area contributed by atoms with Crippen LogP contribution in [0.2, 0.25) is 0 Å². The quantitative estimate of drug-likeness (QED) is 0.668. The van der Waals surface area contributed by atoms with Gasteiger partial charge in [0.15, 0.2) is 11.5 Å². The SMILES string of the molecule is FC(F)(F)c1[nH]ncc1Nc1n[nH]c2ccccc12. The monoisotopic (exact) mass is 267 g/mol. The Morgan fingerprint density at radius 2 is 1.89 bits per heavy atom. The fourth-order valence-corrected chi connectivity index (χ4v) is 1.78. The van der Waals surface area contributed by atoms with E-state index in [-0.39, 0.29) is 5.69 Å². The fraction of sp³-hybridized carbons (Fsp3) is 0.0909. The Kier molecular flexibility index (Phi) is 2.44. The Morgan fingerprint density at radius 1 is 1.11 bits per heavy atom. The van der Waals surface area contributed by atoms with Crippen molar-refractivity contribution in [1.29, 1.82) is 0 Å². The number of H-pyrrole nitrogens is 2. The third kappa shape index (κ3) is 2.01. The first-order chi connectivity index (χ1) is 9.05. The lowest BCUT2D eigenvalue weighted by atomic mass is 10.2. The molecule has 0 saturated heterocycles. The molecule has 0 aliphatic carbocycles. The molecule has 0 aliphatic heterocycles. The summed E-state index contributed by atoms with van der Waals surface area (Å²) in [5.41, 5.74) is -0.355. The molecule has 0 unspecified atom stereocenters. The van der Waals surface area contributed by atoms with E-state index in [2.05, 4.69) is 20.6 Å². The number of hydrogen-bond acceptors (Lipinski definition) is 3. The zero-order valence-electron chi connectivity index (χ0n) is 9.42. The van der Waals surface area contributed by atoms with Gasteiger partial charge in [-0.15, -0.1) is 0 Å². The first-order valence-corrected chi connectivity index (χ1v) is 5.36. The molecule has 5 nitrogen and oxygen atoms in total. The zero-order chi connectivity index (χ0) is 13.5. The molecule has 8 heteroatoms. The number of nitrogens with one attached hydrogen (secondary N) is 3. The summed E-state index contributed by atoms with van der Waals surface area (Å²) in [6.07, 6.45) is -3.42. The number of hydrogen-bond donors (Lipinski definition) is 3. The van der Waals surface area contributed by atoms with Crippen molar-refractivity contribution in [2.24, 2.45) is 0 Å². The summed E-state index contributed by atoms with van der Waals surface area (Å²) in [5.74, 6) is 0.322. The number of benzene rings is 1. The van der Waals surface area contributed by atoms with Crippen molar-refractivity contribution < 1.29 is 13.2 Å². The molecule has 2 aromatic heterocycles. The maximum atomic E-state index is 12.7. The van der Waals surface area contributed by atoms with Crippen molar-refractivity contribution in [1.82, 2.24) is 20.4 Å². The Balaban J connectivity index is 2.00. The summed E-state index contributed by atoms with van der Waals surface area (Å²) in [4.78, 5) is 0. The van der Waals surface area contributed by atoms with Crippen LogP contribution < -0.4 is 5.32 Å². The van der Waals surface area contributed by atoms with Crippen molar-refractivity contribution in [3.05, 3.63) is 36.2 Å². The summed E-state index contributed by atoms with van der Waals surface area (Å²) >= 11 is 0. The summed E-state index contributed by atoms with van der Waals surface area (Å²) in [7, 11) is 0. The molecule has 0 aliphatic rings. The van der Waals surface area contributed by atoms with Gasteiger partial charge in [-0.2, -0.15) is 23.4 Å². The van der Waals surface area contributed by atoms with Crippen molar-refractivity contribution in [2.45, 2.75) is 6.18 Å². The first kappa shape index (κ1) is 11.6. The average molecular weight is 267 g/mol. The second-order valence-electron chi connectivity index (χ2n) is 3.90. The number of alkyl halides is 3. The lowest BCUT2D eigenvalue weighted by molar-refractivity contribution is -0.140. The van der Waals surface area contributed by atoms with Gasteiger partial charge < -0.3 is 5.32 Å². The highest BCUT2D eigenvalue weighted by Gasteiger charge is 2.36. The molecular formula is C11H8F3N5. The van der Waals surface area contributed by atoms with E-state index in [4.69, 9.17) is 0 Å². The molecule has 0 amide bonds. The predicted octanol–water partition coefficient (Wildman–Crippen LogP) is 3.05. The number of aromatic amines is 2. The first-order valence-electron chi connectivity index (χ1n) is 5.36. The molecule has 0 saturated carbocycles. The molecule has 0 spiro atoms. The smallest absolute Gasteiger partial charge is 0.335 e. The van der Waals surface area contributed by atoms with Crippen molar-refractivity contribution in [3.8, 4) is 0 Å². The minimum atomic E-state index is -4.50. The van der Waals surface area contributed by atoms with Crippen LogP contribution in [-0.4, -0.2) is 20.4 Å². The largest absolute Gasteiger partial charge is 0.434 e. The number of fused-ring (bicyclic) bond motifs is 1. The van der Waals surface area contributed by atoms with Crippen LogP contribution in [-0.2, 0) is 6.18 Å². The summed E-state index contributed by atoms with van der Waals surface area (Å²) < 4.78 is 38.1. The number of halogens is 3. The Labute approximate surface area is 104 Å². The van der Waals surface area contributed by atoms with Gasteiger partial charge in [0.2, 0.25) is 0 Å². The number of nitrogens with zero attached hydrogens (tertiary/aromatic N) is 2. The average Bonchev–Trinajstić information content (AvgIpc) is 2.97. The third-order valence-corrected chi connectivity index (χ3v) is 2.65. The van der Waals surface area contributed by atoms with Gasteiger partial charge in [-0.3, -0.25) is 10.2 Å². The van der Waals surface area contributed by atoms with Gasteiger partial charge in [0.1, 0.15) is 0 Å². The summed E-state index contributed by atoms with van der Waals surface area (Å²) in [6.45, 7) is 0. The van der Waals surface area contributed by atoms with E-state index in [1.165, 1.54) is 0 Å². The van der Waals surface area contributed by atoms with E-state index in [0.29, 0.717) is 11.2 Å². The topological polar surface area (TPSA) is 69.4 Å². The standard InChI is InChI=1S/C11H8F3N5/c12-11(13,14)9-8(5-15-18-9)16-10-6-3-1-2-4-7(6)17-19-10/h1-5H,(H,15,18)(H2,16,17,19). The molecule has 0 atom stereocenters. The molecule has 0 radical (unpaired) electrons. The van der Waals surface area contributed by atoms with Crippen molar-refractivity contribution in [3.63, 3.8) is 0 Å². The van der Waals surface area contributed by atoms with Gasteiger partial charge in [0.25, 0.3) is 0 Å². The van der Waals surface area contributed by atoms with Crippen LogP contribution in [0.15, 0.2) is 30.5 Å². The molecule has 98 valence electrons. The number of anilines is 2. The van der Waals surface area contributed by atoms with Crippen molar-refractivity contribution >= 4 is 22.4 Å². The maximum absolute atomic E-state index is 12.7. The zero-order valence-corrected chi connectivity index (χ0v) is 9.42. The molecule has 1 aromatic carbocycles.